The van der Waals surface area contributed by atoms with Gasteiger partial charge in [0.15, 0.2) is 0 Å². The zero-order valence-electron chi connectivity index (χ0n) is 9.74. The topological polar surface area (TPSA) is 30.9 Å². The largest absolute Gasteiger partial charge is 0.347 e. The molecule has 16 heavy (non-hydrogen) atoms. The Labute approximate surface area is 96.1 Å². The van der Waals surface area contributed by atoms with E-state index in [0.29, 0.717) is 0 Å². The van der Waals surface area contributed by atoms with Crippen LogP contribution in [0.15, 0.2) is 24.3 Å². The Morgan fingerprint density at radius 2 is 2.19 bits per heavy atom. The molecule has 1 saturated carbocycles. The lowest BCUT2D eigenvalue weighted by molar-refractivity contribution is 0.857. The number of aryl methyl sites for hydroxylation is 1. The van der Waals surface area contributed by atoms with E-state index in [-0.39, 0.29) is 0 Å². The monoisotopic (exact) mass is 214 g/mol. The summed E-state index contributed by atoms with van der Waals surface area (Å²) in [6.07, 6.45) is 3.69. The molecule has 0 saturated heterocycles. The SMILES string of the molecule is Cn1c(C2CC2)cc2c(CCN)cccc21. The van der Waals surface area contributed by atoms with Crippen LogP contribution in [0, 0.1) is 0 Å². The van der Waals surface area contributed by atoms with Crippen molar-refractivity contribution in [1.82, 2.24) is 4.57 Å². The molecule has 1 aromatic heterocycles. The van der Waals surface area contributed by atoms with Crippen molar-refractivity contribution >= 4 is 10.9 Å². The van der Waals surface area contributed by atoms with E-state index < -0.39 is 0 Å². The van der Waals surface area contributed by atoms with Crippen LogP contribution in [0.2, 0.25) is 0 Å². The average Bonchev–Trinajstić information content (AvgIpc) is 3.06. The summed E-state index contributed by atoms with van der Waals surface area (Å²) in [5.41, 5.74) is 9.91. The smallest absolute Gasteiger partial charge is 0.0482 e. The number of fused-ring (bicyclic) bond motifs is 1. The minimum Gasteiger partial charge on any atom is -0.347 e. The lowest BCUT2D eigenvalue weighted by atomic mass is 10.1. The Hall–Kier alpha value is -1.28. The molecule has 1 aliphatic carbocycles. The molecule has 1 aliphatic rings. The van der Waals surface area contributed by atoms with Gasteiger partial charge in [0, 0.05) is 23.6 Å². The van der Waals surface area contributed by atoms with Gasteiger partial charge >= 0.3 is 0 Å². The lowest BCUT2D eigenvalue weighted by Crippen LogP contribution is -2.02. The molecular weight excluding hydrogens is 196 g/mol. The minimum absolute atomic E-state index is 0.729. The zero-order chi connectivity index (χ0) is 11.1. The summed E-state index contributed by atoms with van der Waals surface area (Å²) < 4.78 is 2.35. The first-order chi connectivity index (χ1) is 7.81. The van der Waals surface area contributed by atoms with E-state index in [1.807, 2.05) is 0 Å². The summed E-state index contributed by atoms with van der Waals surface area (Å²) in [5.74, 6) is 0.808. The molecule has 3 rings (SSSR count). The van der Waals surface area contributed by atoms with Gasteiger partial charge in [0.25, 0.3) is 0 Å². The third-order valence-electron chi connectivity index (χ3n) is 3.62. The molecule has 2 N–H and O–H groups in total. The molecule has 2 heteroatoms. The molecule has 2 nitrogen and oxygen atoms in total. The molecular formula is C14H18N2. The summed E-state index contributed by atoms with van der Waals surface area (Å²) in [7, 11) is 2.18. The summed E-state index contributed by atoms with van der Waals surface area (Å²) in [5, 5.41) is 1.40. The van der Waals surface area contributed by atoms with Gasteiger partial charge in [0.1, 0.15) is 0 Å². The van der Waals surface area contributed by atoms with Crippen molar-refractivity contribution < 1.29 is 0 Å². The zero-order valence-corrected chi connectivity index (χ0v) is 9.74. The van der Waals surface area contributed by atoms with Crippen molar-refractivity contribution in [2.75, 3.05) is 6.54 Å². The number of nitrogens with two attached hydrogens (primary N) is 1. The van der Waals surface area contributed by atoms with Gasteiger partial charge in [0.05, 0.1) is 0 Å². The highest BCUT2D eigenvalue weighted by Crippen LogP contribution is 2.42. The second kappa shape index (κ2) is 3.63. The molecule has 0 unspecified atom stereocenters. The molecule has 0 spiro atoms. The molecule has 1 fully saturated rings. The van der Waals surface area contributed by atoms with Crippen LogP contribution in [0.4, 0.5) is 0 Å². The summed E-state index contributed by atoms with van der Waals surface area (Å²) in [6, 6.07) is 8.93. The molecule has 0 aliphatic heterocycles. The highest BCUT2D eigenvalue weighted by atomic mass is 15.0. The Kier molecular flexibility index (Phi) is 2.25. The van der Waals surface area contributed by atoms with Crippen LogP contribution in [0.1, 0.15) is 30.0 Å². The van der Waals surface area contributed by atoms with Crippen molar-refractivity contribution in [3.63, 3.8) is 0 Å². The molecule has 0 radical (unpaired) electrons. The van der Waals surface area contributed by atoms with Crippen LogP contribution in [0.25, 0.3) is 10.9 Å². The number of nitrogens with zero attached hydrogens (tertiary/aromatic N) is 1. The summed E-state index contributed by atoms with van der Waals surface area (Å²) in [6.45, 7) is 0.729. The van der Waals surface area contributed by atoms with Gasteiger partial charge in [-0.05, 0) is 49.4 Å². The quantitative estimate of drug-likeness (QED) is 0.836. The van der Waals surface area contributed by atoms with E-state index >= 15 is 0 Å². The van der Waals surface area contributed by atoms with Crippen molar-refractivity contribution in [2.45, 2.75) is 25.2 Å². The number of aromatic nitrogens is 1. The van der Waals surface area contributed by atoms with Gasteiger partial charge in [-0.1, -0.05) is 12.1 Å². The van der Waals surface area contributed by atoms with Crippen LogP contribution >= 0.6 is 0 Å². The number of rotatable bonds is 3. The Bertz CT molecular complexity index is 521. The van der Waals surface area contributed by atoms with Crippen molar-refractivity contribution in [3.05, 3.63) is 35.5 Å². The molecule has 84 valence electrons. The lowest BCUT2D eigenvalue weighted by Gasteiger charge is -2.03. The highest BCUT2D eigenvalue weighted by molar-refractivity contribution is 5.85. The molecule has 0 atom stereocenters. The predicted molar refractivity (Wildman–Crippen MR) is 67.7 cm³/mol. The third-order valence-corrected chi connectivity index (χ3v) is 3.62. The van der Waals surface area contributed by atoms with Gasteiger partial charge in [0.2, 0.25) is 0 Å². The van der Waals surface area contributed by atoms with Crippen LogP contribution in [0.3, 0.4) is 0 Å². The van der Waals surface area contributed by atoms with Gasteiger partial charge in [-0.3, -0.25) is 0 Å². The summed E-state index contributed by atoms with van der Waals surface area (Å²) in [4.78, 5) is 0. The number of hydrogen-bond acceptors (Lipinski definition) is 1. The van der Waals surface area contributed by atoms with Crippen LogP contribution in [0.5, 0.6) is 0 Å². The van der Waals surface area contributed by atoms with E-state index in [0.717, 1.165) is 18.9 Å². The Balaban J connectivity index is 2.19. The molecule has 0 bridgehead atoms. The van der Waals surface area contributed by atoms with E-state index in [4.69, 9.17) is 5.73 Å². The Morgan fingerprint density at radius 3 is 2.88 bits per heavy atom. The van der Waals surface area contributed by atoms with E-state index in [9.17, 15) is 0 Å². The standard InChI is InChI=1S/C14H18N2/c1-16-13-4-2-3-10(7-8-15)12(13)9-14(16)11-5-6-11/h2-4,9,11H,5-8,15H2,1H3. The number of benzene rings is 1. The second-order valence-electron chi connectivity index (χ2n) is 4.79. The number of hydrogen-bond donors (Lipinski definition) is 1. The highest BCUT2D eigenvalue weighted by Gasteiger charge is 2.27. The maximum Gasteiger partial charge on any atom is 0.0482 e. The first kappa shape index (κ1) is 9.91. The maximum atomic E-state index is 5.66. The molecule has 2 aromatic rings. The van der Waals surface area contributed by atoms with Crippen LogP contribution in [-0.2, 0) is 13.5 Å². The van der Waals surface area contributed by atoms with Gasteiger partial charge in [-0.25, -0.2) is 0 Å². The van der Waals surface area contributed by atoms with E-state index in [1.54, 1.807) is 0 Å². The van der Waals surface area contributed by atoms with Gasteiger partial charge < -0.3 is 10.3 Å². The van der Waals surface area contributed by atoms with E-state index in [2.05, 4.69) is 35.9 Å². The third kappa shape index (κ3) is 1.45. The summed E-state index contributed by atoms with van der Waals surface area (Å²) >= 11 is 0. The van der Waals surface area contributed by atoms with Crippen molar-refractivity contribution in [1.29, 1.82) is 0 Å². The fraction of sp³-hybridized carbons (Fsp3) is 0.429. The average molecular weight is 214 g/mol. The van der Waals surface area contributed by atoms with E-state index in [1.165, 1.54) is 35.0 Å². The molecule has 1 aromatic carbocycles. The van der Waals surface area contributed by atoms with Gasteiger partial charge in [-0.15, -0.1) is 0 Å². The predicted octanol–water partition coefficient (Wildman–Crippen LogP) is 2.56. The van der Waals surface area contributed by atoms with Crippen molar-refractivity contribution in [3.8, 4) is 0 Å². The molecule has 1 heterocycles. The van der Waals surface area contributed by atoms with Crippen molar-refractivity contribution in [2.24, 2.45) is 12.8 Å². The van der Waals surface area contributed by atoms with Gasteiger partial charge in [-0.2, -0.15) is 0 Å². The molecule has 0 amide bonds. The second-order valence-corrected chi connectivity index (χ2v) is 4.79. The fourth-order valence-electron chi connectivity index (χ4n) is 2.59. The maximum absolute atomic E-state index is 5.66. The van der Waals surface area contributed by atoms with Crippen LogP contribution in [-0.4, -0.2) is 11.1 Å². The minimum atomic E-state index is 0.729. The first-order valence-corrected chi connectivity index (χ1v) is 6.08. The van der Waals surface area contributed by atoms with Crippen LogP contribution < -0.4 is 5.73 Å². The Morgan fingerprint density at radius 1 is 1.38 bits per heavy atom. The normalized spacial score (nSPS) is 15.9. The first-order valence-electron chi connectivity index (χ1n) is 6.08. The fourth-order valence-corrected chi connectivity index (χ4v) is 2.59.